The van der Waals surface area contributed by atoms with Crippen LogP contribution in [0.3, 0.4) is 0 Å². The first-order valence-corrected chi connectivity index (χ1v) is 8.33. The maximum atomic E-state index is 13.1. The number of alkyl halides is 3. The summed E-state index contributed by atoms with van der Waals surface area (Å²) in [6.45, 7) is 0.640. The average molecular weight is 378 g/mol. The van der Waals surface area contributed by atoms with E-state index in [1.165, 1.54) is 28.0 Å². The van der Waals surface area contributed by atoms with Gasteiger partial charge in [0.25, 0.3) is 5.91 Å². The minimum absolute atomic E-state index is 0.134. The Kier molecular flexibility index (Phi) is 5.34. The van der Waals surface area contributed by atoms with E-state index >= 15 is 0 Å². The molecule has 5 nitrogen and oxygen atoms in total. The average Bonchev–Trinajstić information content (AvgIpc) is 2.67. The Morgan fingerprint density at radius 1 is 0.815 bits per heavy atom. The standard InChI is InChI=1S/C19H17F3N2O3/c20-19(21,22)16-9-5-4-8-15(16)17(25)23-10-12-24(13-11-23)18(26)27-14-6-2-1-3-7-14/h1-9H,10-13H2. The van der Waals surface area contributed by atoms with Gasteiger partial charge in [-0.3, -0.25) is 4.79 Å². The topological polar surface area (TPSA) is 49.9 Å². The number of ether oxygens (including phenoxy) is 1. The van der Waals surface area contributed by atoms with E-state index in [0.29, 0.717) is 5.75 Å². The van der Waals surface area contributed by atoms with Crippen molar-refractivity contribution in [3.8, 4) is 5.75 Å². The highest BCUT2D eigenvalue weighted by Gasteiger charge is 2.36. The first-order chi connectivity index (χ1) is 12.9. The van der Waals surface area contributed by atoms with E-state index in [9.17, 15) is 22.8 Å². The molecule has 1 aliphatic heterocycles. The van der Waals surface area contributed by atoms with E-state index in [0.717, 1.165) is 6.07 Å². The lowest BCUT2D eigenvalue weighted by atomic mass is 10.1. The van der Waals surface area contributed by atoms with Crippen LogP contribution in [0.4, 0.5) is 18.0 Å². The molecule has 1 heterocycles. The number of piperazine rings is 1. The second kappa shape index (κ2) is 7.69. The van der Waals surface area contributed by atoms with Crippen LogP contribution >= 0.6 is 0 Å². The fraction of sp³-hybridized carbons (Fsp3) is 0.263. The van der Waals surface area contributed by atoms with E-state index in [-0.39, 0.29) is 31.7 Å². The molecule has 2 aromatic rings. The normalized spacial score (nSPS) is 14.8. The lowest BCUT2D eigenvalue weighted by Gasteiger charge is -2.34. The highest BCUT2D eigenvalue weighted by molar-refractivity contribution is 5.96. The molecular formula is C19H17F3N2O3. The van der Waals surface area contributed by atoms with Gasteiger partial charge >= 0.3 is 12.3 Å². The van der Waals surface area contributed by atoms with Crippen LogP contribution in [0.25, 0.3) is 0 Å². The minimum atomic E-state index is -4.60. The van der Waals surface area contributed by atoms with Gasteiger partial charge in [-0.25, -0.2) is 4.79 Å². The third kappa shape index (κ3) is 4.39. The molecule has 142 valence electrons. The molecule has 0 spiro atoms. The number of rotatable bonds is 2. The van der Waals surface area contributed by atoms with Crippen molar-refractivity contribution in [2.45, 2.75) is 6.18 Å². The van der Waals surface area contributed by atoms with E-state index in [2.05, 4.69) is 0 Å². The fourth-order valence-corrected chi connectivity index (χ4v) is 2.83. The van der Waals surface area contributed by atoms with Crippen LogP contribution < -0.4 is 4.74 Å². The first-order valence-electron chi connectivity index (χ1n) is 8.33. The van der Waals surface area contributed by atoms with Gasteiger partial charge in [0.1, 0.15) is 5.75 Å². The van der Waals surface area contributed by atoms with Crippen molar-refractivity contribution in [1.82, 2.24) is 9.80 Å². The number of amides is 2. The molecule has 0 aromatic heterocycles. The number of nitrogens with zero attached hydrogens (tertiary/aromatic N) is 2. The molecule has 1 fully saturated rings. The Bertz CT molecular complexity index is 816. The molecule has 3 rings (SSSR count). The molecule has 1 saturated heterocycles. The molecule has 27 heavy (non-hydrogen) atoms. The SMILES string of the molecule is O=C(Oc1ccccc1)N1CCN(C(=O)c2ccccc2C(F)(F)F)CC1. The van der Waals surface area contributed by atoms with Crippen LogP contribution in [0, 0.1) is 0 Å². The maximum absolute atomic E-state index is 13.1. The van der Waals surface area contributed by atoms with Crippen LogP contribution in [0.1, 0.15) is 15.9 Å². The maximum Gasteiger partial charge on any atom is 0.417 e. The van der Waals surface area contributed by atoms with Crippen LogP contribution in [0.15, 0.2) is 54.6 Å². The van der Waals surface area contributed by atoms with E-state index in [1.54, 1.807) is 30.3 Å². The predicted molar refractivity (Wildman–Crippen MR) is 91.4 cm³/mol. The molecule has 0 radical (unpaired) electrons. The zero-order chi connectivity index (χ0) is 19.4. The summed E-state index contributed by atoms with van der Waals surface area (Å²) in [5.74, 6) is -0.292. The van der Waals surface area contributed by atoms with Crippen molar-refractivity contribution in [3.63, 3.8) is 0 Å². The smallest absolute Gasteiger partial charge is 0.410 e. The predicted octanol–water partition coefficient (Wildman–Crippen LogP) is 3.66. The third-order valence-corrected chi connectivity index (χ3v) is 4.24. The molecule has 8 heteroatoms. The molecule has 0 saturated carbocycles. The molecule has 0 unspecified atom stereocenters. The summed E-state index contributed by atoms with van der Waals surface area (Å²) in [6, 6.07) is 13.3. The molecule has 0 atom stereocenters. The van der Waals surface area contributed by atoms with Crippen molar-refractivity contribution in [2.75, 3.05) is 26.2 Å². The minimum Gasteiger partial charge on any atom is -0.410 e. The molecule has 1 aliphatic rings. The molecule has 2 amide bonds. The summed E-state index contributed by atoms with van der Waals surface area (Å²) in [5.41, 5.74) is -1.34. The number of benzene rings is 2. The summed E-state index contributed by atoms with van der Waals surface area (Å²) in [6.07, 6.45) is -5.16. The summed E-state index contributed by atoms with van der Waals surface area (Å²) < 4.78 is 44.6. The number of carbonyl (C=O) groups excluding carboxylic acids is 2. The highest BCUT2D eigenvalue weighted by atomic mass is 19.4. The van der Waals surface area contributed by atoms with Crippen LogP contribution in [-0.4, -0.2) is 48.0 Å². The van der Waals surface area contributed by atoms with Crippen molar-refractivity contribution in [3.05, 3.63) is 65.7 Å². The van der Waals surface area contributed by atoms with Gasteiger partial charge in [0.05, 0.1) is 11.1 Å². The summed E-state index contributed by atoms with van der Waals surface area (Å²) in [7, 11) is 0. The van der Waals surface area contributed by atoms with Gasteiger partial charge < -0.3 is 14.5 Å². The lowest BCUT2D eigenvalue weighted by Crippen LogP contribution is -2.51. The Hall–Kier alpha value is -3.03. The largest absolute Gasteiger partial charge is 0.417 e. The summed E-state index contributed by atoms with van der Waals surface area (Å²) >= 11 is 0. The summed E-state index contributed by atoms with van der Waals surface area (Å²) in [4.78, 5) is 27.4. The molecule has 2 aromatic carbocycles. The Morgan fingerprint density at radius 3 is 2.00 bits per heavy atom. The number of hydrogen-bond acceptors (Lipinski definition) is 3. The van der Waals surface area contributed by atoms with Gasteiger partial charge in [-0.2, -0.15) is 13.2 Å². The summed E-state index contributed by atoms with van der Waals surface area (Å²) in [5, 5.41) is 0. The van der Waals surface area contributed by atoms with Crippen LogP contribution in [0.2, 0.25) is 0 Å². The van der Waals surface area contributed by atoms with Crippen LogP contribution in [-0.2, 0) is 6.18 Å². The van der Waals surface area contributed by atoms with E-state index in [1.807, 2.05) is 0 Å². The second-order valence-corrected chi connectivity index (χ2v) is 6.00. The van der Waals surface area contributed by atoms with Gasteiger partial charge in [-0.1, -0.05) is 30.3 Å². The lowest BCUT2D eigenvalue weighted by molar-refractivity contribution is -0.138. The molecule has 0 N–H and O–H groups in total. The van der Waals surface area contributed by atoms with Gasteiger partial charge in [0, 0.05) is 26.2 Å². The van der Waals surface area contributed by atoms with E-state index < -0.39 is 23.7 Å². The Morgan fingerprint density at radius 2 is 1.37 bits per heavy atom. The van der Waals surface area contributed by atoms with E-state index in [4.69, 9.17) is 4.74 Å². The number of carbonyl (C=O) groups is 2. The van der Waals surface area contributed by atoms with Crippen LogP contribution in [0.5, 0.6) is 5.75 Å². The van der Waals surface area contributed by atoms with Crippen molar-refractivity contribution in [1.29, 1.82) is 0 Å². The van der Waals surface area contributed by atoms with Gasteiger partial charge in [0.15, 0.2) is 0 Å². The Balaban J connectivity index is 1.63. The molecular weight excluding hydrogens is 361 g/mol. The zero-order valence-electron chi connectivity index (χ0n) is 14.3. The van der Waals surface area contributed by atoms with Gasteiger partial charge in [0.2, 0.25) is 0 Å². The third-order valence-electron chi connectivity index (χ3n) is 4.24. The zero-order valence-corrected chi connectivity index (χ0v) is 14.3. The number of para-hydroxylation sites is 1. The molecule has 0 bridgehead atoms. The monoisotopic (exact) mass is 378 g/mol. The second-order valence-electron chi connectivity index (χ2n) is 6.00. The number of halogens is 3. The first kappa shape index (κ1) is 18.8. The van der Waals surface area contributed by atoms with Gasteiger partial charge in [-0.05, 0) is 24.3 Å². The van der Waals surface area contributed by atoms with Gasteiger partial charge in [-0.15, -0.1) is 0 Å². The number of hydrogen-bond donors (Lipinski definition) is 0. The van der Waals surface area contributed by atoms with Crippen molar-refractivity contribution < 1.29 is 27.5 Å². The fourth-order valence-electron chi connectivity index (χ4n) is 2.83. The quantitative estimate of drug-likeness (QED) is 0.801. The molecule has 0 aliphatic carbocycles. The van der Waals surface area contributed by atoms with Crippen molar-refractivity contribution in [2.24, 2.45) is 0 Å². The Labute approximate surface area is 153 Å². The highest BCUT2D eigenvalue weighted by Crippen LogP contribution is 2.32. The van der Waals surface area contributed by atoms with Crippen molar-refractivity contribution >= 4 is 12.0 Å².